The molecule has 0 amide bonds. The van der Waals surface area contributed by atoms with Crippen molar-refractivity contribution in [1.29, 1.82) is 0 Å². The first kappa shape index (κ1) is 10.9. The first-order valence-corrected chi connectivity index (χ1v) is 6.01. The van der Waals surface area contributed by atoms with Crippen molar-refractivity contribution in [3.05, 3.63) is 12.7 Å². The van der Waals surface area contributed by atoms with E-state index in [2.05, 4.69) is 36.1 Å². The van der Waals surface area contributed by atoms with Gasteiger partial charge in [0.05, 0.1) is 12.1 Å². The summed E-state index contributed by atoms with van der Waals surface area (Å²) in [6, 6.07) is 0.113. The van der Waals surface area contributed by atoms with Gasteiger partial charge in [0, 0.05) is 0 Å². The number of hydrogen-bond donors (Lipinski definition) is 0. The third-order valence-corrected chi connectivity index (χ3v) is 3.73. The van der Waals surface area contributed by atoms with Crippen LogP contribution in [-0.2, 0) is 14.2 Å². The molecule has 0 N–H and O–H groups in total. The van der Waals surface area contributed by atoms with Crippen LogP contribution >= 0.6 is 22.6 Å². The van der Waals surface area contributed by atoms with Crippen molar-refractivity contribution in [2.75, 3.05) is 0 Å². The van der Waals surface area contributed by atoms with E-state index in [9.17, 15) is 0 Å². The van der Waals surface area contributed by atoms with Gasteiger partial charge in [-0.25, -0.2) is 0 Å². The standard InChI is InChI=1S/C9H14BIO3/c1-3-5-6-7(8(10)12-5)14-9(11,4-2)13-6/h4-8H,2-3,10H2,1H3/t5-,6?,7?,8-,9?/m0/s1. The van der Waals surface area contributed by atoms with Crippen molar-refractivity contribution in [2.45, 2.75) is 41.5 Å². The van der Waals surface area contributed by atoms with Gasteiger partial charge in [0.1, 0.15) is 20.1 Å². The topological polar surface area (TPSA) is 27.7 Å². The fourth-order valence-electron chi connectivity index (χ4n) is 2.04. The highest BCUT2D eigenvalue weighted by Crippen LogP contribution is 2.42. The van der Waals surface area contributed by atoms with Crippen LogP contribution in [-0.4, -0.2) is 36.0 Å². The minimum absolute atomic E-state index is 0.0508. The summed E-state index contributed by atoms with van der Waals surface area (Å²) in [7, 11) is 2.03. The molecule has 2 aliphatic heterocycles. The Morgan fingerprint density at radius 1 is 1.50 bits per heavy atom. The van der Waals surface area contributed by atoms with Gasteiger partial charge < -0.3 is 14.2 Å². The number of ether oxygens (including phenoxy) is 3. The number of halogens is 1. The summed E-state index contributed by atoms with van der Waals surface area (Å²) in [5, 5.41) is 0. The van der Waals surface area contributed by atoms with Crippen LogP contribution < -0.4 is 0 Å². The molecular weight excluding hydrogens is 294 g/mol. The second kappa shape index (κ2) is 3.77. The van der Waals surface area contributed by atoms with E-state index in [0.717, 1.165) is 6.42 Å². The van der Waals surface area contributed by atoms with Crippen LogP contribution in [0.15, 0.2) is 12.7 Å². The normalized spacial score (nSPS) is 51.9. The molecule has 0 saturated carbocycles. The zero-order valence-electron chi connectivity index (χ0n) is 8.40. The van der Waals surface area contributed by atoms with Crippen LogP contribution in [0.2, 0.25) is 0 Å². The summed E-state index contributed by atoms with van der Waals surface area (Å²) in [6.45, 7) is 5.82. The third-order valence-electron chi connectivity index (χ3n) is 2.78. The average Bonchev–Trinajstić information content (AvgIpc) is 2.65. The van der Waals surface area contributed by atoms with Crippen molar-refractivity contribution >= 4 is 30.4 Å². The van der Waals surface area contributed by atoms with E-state index >= 15 is 0 Å². The SMILES string of the molecule is B[C@H]1O[C@@H](CC)C2OC(I)(C=C)OC21. The lowest BCUT2D eigenvalue weighted by molar-refractivity contribution is -0.102. The van der Waals surface area contributed by atoms with Crippen LogP contribution in [0.3, 0.4) is 0 Å². The van der Waals surface area contributed by atoms with Gasteiger partial charge in [0.25, 0.3) is 0 Å². The van der Waals surface area contributed by atoms with Crippen molar-refractivity contribution in [1.82, 2.24) is 0 Å². The molecule has 0 aromatic rings. The maximum atomic E-state index is 5.82. The molecule has 2 heterocycles. The molecular formula is C9H14BIO3. The minimum atomic E-state index is -0.654. The zero-order chi connectivity index (χ0) is 10.3. The lowest BCUT2D eigenvalue weighted by atomic mass is 9.93. The van der Waals surface area contributed by atoms with Gasteiger partial charge in [0.2, 0.25) is 3.79 Å². The number of rotatable bonds is 2. The average molecular weight is 308 g/mol. The second-order valence-electron chi connectivity index (χ2n) is 3.74. The summed E-state index contributed by atoms with van der Waals surface area (Å²) in [5.41, 5.74) is 0. The second-order valence-corrected chi connectivity index (χ2v) is 5.24. The Morgan fingerprint density at radius 2 is 2.14 bits per heavy atom. The molecule has 5 heteroatoms. The van der Waals surface area contributed by atoms with Crippen LogP contribution in [0, 0.1) is 0 Å². The first-order chi connectivity index (χ1) is 6.59. The highest BCUT2D eigenvalue weighted by atomic mass is 127. The Kier molecular flexibility index (Phi) is 2.94. The third kappa shape index (κ3) is 1.64. The minimum Gasteiger partial charge on any atom is -0.378 e. The molecule has 0 radical (unpaired) electrons. The van der Waals surface area contributed by atoms with Crippen molar-refractivity contribution in [3.8, 4) is 0 Å². The largest absolute Gasteiger partial charge is 0.378 e. The number of hydrogen-bond acceptors (Lipinski definition) is 3. The van der Waals surface area contributed by atoms with Crippen molar-refractivity contribution < 1.29 is 14.2 Å². The van der Waals surface area contributed by atoms with E-state index < -0.39 is 3.79 Å². The maximum Gasteiger partial charge on any atom is 0.242 e. The van der Waals surface area contributed by atoms with Gasteiger partial charge in [-0.05, 0) is 35.1 Å². The molecule has 2 saturated heterocycles. The van der Waals surface area contributed by atoms with E-state index in [-0.39, 0.29) is 24.3 Å². The molecule has 0 spiro atoms. The van der Waals surface area contributed by atoms with Gasteiger partial charge in [-0.1, -0.05) is 13.5 Å². The van der Waals surface area contributed by atoms with Gasteiger partial charge in [-0.3, -0.25) is 0 Å². The molecule has 0 aromatic heterocycles. The lowest BCUT2D eigenvalue weighted by Gasteiger charge is -2.21. The zero-order valence-corrected chi connectivity index (χ0v) is 10.6. The highest BCUT2D eigenvalue weighted by molar-refractivity contribution is 14.1. The molecule has 14 heavy (non-hydrogen) atoms. The molecule has 0 bridgehead atoms. The number of fused-ring (bicyclic) bond motifs is 1. The Balaban J connectivity index is 2.15. The fourth-order valence-corrected chi connectivity index (χ4v) is 2.63. The molecule has 0 aromatic carbocycles. The fraction of sp³-hybridized carbons (Fsp3) is 0.778. The van der Waals surface area contributed by atoms with Crippen LogP contribution in [0.25, 0.3) is 0 Å². The predicted octanol–water partition coefficient (Wildman–Crippen LogP) is 0.813. The molecule has 3 unspecified atom stereocenters. The van der Waals surface area contributed by atoms with E-state index in [1.54, 1.807) is 6.08 Å². The van der Waals surface area contributed by atoms with E-state index in [0.29, 0.717) is 0 Å². The molecule has 2 rings (SSSR count). The highest BCUT2D eigenvalue weighted by Gasteiger charge is 2.54. The Hall–Kier alpha value is 0.415. The number of alkyl halides is 1. The quantitative estimate of drug-likeness (QED) is 0.327. The predicted molar refractivity (Wildman–Crippen MR) is 64.2 cm³/mol. The summed E-state index contributed by atoms with van der Waals surface area (Å²) in [4.78, 5) is 0. The monoisotopic (exact) mass is 308 g/mol. The van der Waals surface area contributed by atoms with E-state index in [4.69, 9.17) is 14.2 Å². The molecule has 3 nitrogen and oxygen atoms in total. The molecule has 2 fully saturated rings. The van der Waals surface area contributed by atoms with Crippen LogP contribution in [0.4, 0.5) is 0 Å². The van der Waals surface area contributed by atoms with Crippen molar-refractivity contribution in [3.63, 3.8) is 0 Å². The molecule has 0 aliphatic carbocycles. The molecule has 5 atom stereocenters. The summed E-state index contributed by atoms with van der Waals surface area (Å²) in [6.07, 6.45) is 2.93. The van der Waals surface area contributed by atoms with E-state index in [1.807, 2.05) is 7.85 Å². The Bertz CT molecular complexity index is 250. The molecule has 78 valence electrons. The van der Waals surface area contributed by atoms with Gasteiger partial charge in [0.15, 0.2) is 0 Å². The van der Waals surface area contributed by atoms with Crippen LogP contribution in [0.1, 0.15) is 13.3 Å². The lowest BCUT2D eigenvalue weighted by Crippen LogP contribution is -2.29. The Labute approximate surface area is 98.7 Å². The smallest absolute Gasteiger partial charge is 0.242 e. The van der Waals surface area contributed by atoms with Gasteiger partial charge >= 0.3 is 0 Å². The van der Waals surface area contributed by atoms with Gasteiger partial charge in [-0.15, -0.1) is 0 Å². The summed E-state index contributed by atoms with van der Waals surface area (Å²) >= 11 is 2.14. The van der Waals surface area contributed by atoms with Crippen LogP contribution in [0.5, 0.6) is 0 Å². The Morgan fingerprint density at radius 3 is 2.71 bits per heavy atom. The van der Waals surface area contributed by atoms with Crippen molar-refractivity contribution in [2.24, 2.45) is 0 Å². The van der Waals surface area contributed by atoms with E-state index in [1.165, 1.54) is 0 Å². The first-order valence-electron chi connectivity index (χ1n) is 4.93. The van der Waals surface area contributed by atoms with Gasteiger partial charge in [-0.2, -0.15) is 0 Å². The summed E-state index contributed by atoms with van der Waals surface area (Å²) in [5.74, 6) is 0. The summed E-state index contributed by atoms with van der Waals surface area (Å²) < 4.78 is 16.7. The molecule has 2 aliphatic rings. The maximum absolute atomic E-state index is 5.82.